The van der Waals surface area contributed by atoms with E-state index in [1.54, 1.807) is 12.1 Å². The van der Waals surface area contributed by atoms with E-state index in [1.165, 1.54) is 13.0 Å². The summed E-state index contributed by atoms with van der Waals surface area (Å²) in [5.74, 6) is 0.112. The molecular weight excluding hydrogens is 308 g/mol. The molecule has 0 aliphatic rings. The Morgan fingerprint density at radius 3 is 2.63 bits per heavy atom. The van der Waals surface area contributed by atoms with Crippen LogP contribution in [0.4, 0.5) is 0 Å². The van der Waals surface area contributed by atoms with Gasteiger partial charge in [0.2, 0.25) is 0 Å². The highest BCUT2D eigenvalue weighted by Gasteiger charge is 2.13. The molecule has 0 aliphatic carbocycles. The second-order valence-corrected chi connectivity index (χ2v) is 4.94. The number of halogens is 1. The number of Topliss-reactive ketones (excluding diaryl/α,β-unsaturated/α-hetero) is 1. The number of carbonyl (C=O) groups excluding carboxylic acids is 1. The van der Waals surface area contributed by atoms with E-state index in [0.717, 1.165) is 10.0 Å². The van der Waals surface area contributed by atoms with Crippen LogP contribution in [-0.4, -0.2) is 10.9 Å². The molecule has 0 bridgehead atoms. The number of phenols is 1. The van der Waals surface area contributed by atoms with Crippen molar-refractivity contribution in [1.82, 2.24) is 0 Å². The van der Waals surface area contributed by atoms with Gasteiger partial charge in [-0.1, -0.05) is 40.2 Å². The molecule has 0 heterocycles. The highest BCUT2D eigenvalue weighted by Crippen LogP contribution is 2.29. The van der Waals surface area contributed by atoms with Gasteiger partial charge >= 0.3 is 0 Å². The molecule has 2 aromatic carbocycles. The van der Waals surface area contributed by atoms with Crippen LogP contribution in [0.1, 0.15) is 22.8 Å². The molecule has 3 nitrogen and oxygen atoms in total. The van der Waals surface area contributed by atoms with Gasteiger partial charge in [-0.3, -0.25) is 4.79 Å². The first-order valence-electron chi connectivity index (χ1n) is 5.78. The molecule has 2 rings (SSSR count). The van der Waals surface area contributed by atoms with Crippen molar-refractivity contribution >= 4 is 21.7 Å². The monoisotopic (exact) mass is 320 g/mol. The molecular formula is C15H13BrO3. The van der Waals surface area contributed by atoms with Crippen LogP contribution < -0.4 is 4.74 Å². The zero-order valence-electron chi connectivity index (χ0n) is 10.4. The van der Waals surface area contributed by atoms with Crippen molar-refractivity contribution in [2.45, 2.75) is 13.5 Å². The largest absolute Gasteiger partial charge is 0.507 e. The lowest BCUT2D eigenvalue weighted by atomic mass is 10.1. The number of ether oxygens (including phenoxy) is 1. The fraction of sp³-hybridized carbons (Fsp3) is 0.133. The quantitative estimate of drug-likeness (QED) is 0.868. The van der Waals surface area contributed by atoms with Crippen LogP contribution in [0.15, 0.2) is 46.9 Å². The van der Waals surface area contributed by atoms with E-state index >= 15 is 0 Å². The highest BCUT2D eigenvalue weighted by molar-refractivity contribution is 9.10. The summed E-state index contributed by atoms with van der Waals surface area (Å²) < 4.78 is 6.58. The van der Waals surface area contributed by atoms with E-state index in [1.807, 2.05) is 24.3 Å². The molecule has 0 unspecified atom stereocenters. The number of phenolic OH excluding ortho intramolecular Hbond substituents is 1. The molecule has 0 spiro atoms. The van der Waals surface area contributed by atoms with Crippen LogP contribution in [-0.2, 0) is 6.61 Å². The van der Waals surface area contributed by atoms with E-state index in [4.69, 9.17) is 4.74 Å². The summed E-state index contributed by atoms with van der Waals surface area (Å²) in [4.78, 5) is 11.5. The molecule has 0 aromatic heterocycles. The van der Waals surface area contributed by atoms with E-state index < -0.39 is 0 Å². The van der Waals surface area contributed by atoms with Crippen molar-refractivity contribution in [3.8, 4) is 11.5 Å². The minimum atomic E-state index is -0.222. The van der Waals surface area contributed by atoms with Crippen molar-refractivity contribution in [1.29, 1.82) is 0 Å². The molecule has 2 aromatic rings. The molecule has 0 saturated heterocycles. The third-order valence-corrected chi connectivity index (χ3v) is 3.47. The lowest BCUT2D eigenvalue weighted by Crippen LogP contribution is -2.02. The SMILES string of the molecule is CC(=O)c1c(O)cccc1OCc1ccccc1Br. The summed E-state index contributed by atoms with van der Waals surface area (Å²) in [7, 11) is 0. The molecule has 0 radical (unpaired) electrons. The smallest absolute Gasteiger partial charge is 0.167 e. The number of rotatable bonds is 4. The second kappa shape index (κ2) is 5.89. The number of carbonyl (C=O) groups is 1. The van der Waals surface area contributed by atoms with Crippen molar-refractivity contribution < 1.29 is 14.6 Å². The predicted molar refractivity (Wildman–Crippen MR) is 76.6 cm³/mol. The summed E-state index contributed by atoms with van der Waals surface area (Å²) in [6, 6.07) is 12.5. The van der Waals surface area contributed by atoms with Gasteiger partial charge in [0.1, 0.15) is 23.7 Å². The summed E-state index contributed by atoms with van der Waals surface area (Å²) in [5, 5.41) is 9.70. The fourth-order valence-electron chi connectivity index (χ4n) is 1.76. The lowest BCUT2D eigenvalue weighted by molar-refractivity contribution is 0.101. The highest BCUT2D eigenvalue weighted by atomic mass is 79.9. The van der Waals surface area contributed by atoms with Gasteiger partial charge in [0, 0.05) is 10.0 Å². The molecule has 4 heteroatoms. The third kappa shape index (κ3) is 3.15. The Hall–Kier alpha value is -1.81. The van der Waals surface area contributed by atoms with Crippen molar-refractivity contribution in [2.24, 2.45) is 0 Å². The maximum absolute atomic E-state index is 11.5. The molecule has 0 fully saturated rings. The van der Waals surface area contributed by atoms with Gasteiger partial charge in [-0.15, -0.1) is 0 Å². The minimum Gasteiger partial charge on any atom is -0.507 e. The minimum absolute atomic E-state index is 0.0582. The van der Waals surface area contributed by atoms with Crippen LogP contribution >= 0.6 is 15.9 Å². The van der Waals surface area contributed by atoms with Gasteiger partial charge in [0.15, 0.2) is 5.78 Å². The van der Waals surface area contributed by atoms with Crippen molar-refractivity contribution in [3.05, 3.63) is 58.1 Å². The Bertz CT molecular complexity index is 608. The van der Waals surface area contributed by atoms with Crippen LogP contribution in [0.2, 0.25) is 0 Å². The van der Waals surface area contributed by atoms with E-state index in [2.05, 4.69) is 15.9 Å². The van der Waals surface area contributed by atoms with E-state index in [9.17, 15) is 9.90 Å². The summed E-state index contributed by atoms with van der Waals surface area (Å²) in [6.45, 7) is 1.73. The first-order chi connectivity index (χ1) is 9.09. The van der Waals surface area contributed by atoms with Crippen LogP contribution in [0.5, 0.6) is 11.5 Å². The van der Waals surface area contributed by atoms with E-state index in [-0.39, 0.29) is 17.1 Å². The number of hydrogen-bond acceptors (Lipinski definition) is 3. The molecule has 0 amide bonds. The zero-order chi connectivity index (χ0) is 13.8. The topological polar surface area (TPSA) is 46.5 Å². The van der Waals surface area contributed by atoms with Gasteiger partial charge in [-0.05, 0) is 25.1 Å². The number of hydrogen-bond donors (Lipinski definition) is 1. The summed E-state index contributed by atoms with van der Waals surface area (Å²) >= 11 is 3.44. The number of benzene rings is 2. The predicted octanol–water partition coefficient (Wildman–Crippen LogP) is 3.94. The van der Waals surface area contributed by atoms with Crippen molar-refractivity contribution in [3.63, 3.8) is 0 Å². The first kappa shape index (κ1) is 13.6. The van der Waals surface area contributed by atoms with Crippen LogP contribution in [0.25, 0.3) is 0 Å². The van der Waals surface area contributed by atoms with Crippen LogP contribution in [0.3, 0.4) is 0 Å². The zero-order valence-corrected chi connectivity index (χ0v) is 12.0. The second-order valence-electron chi connectivity index (χ2n) is 4.09. The summed E-state index contributed by atoms with van der Waals surface area (Å²) in [6.07, 6.45) is 0. The Labute approximate surface area is 120 Å². The Kier molecular flexibility index (Phi) is 4.22. The standard InChI is InChI=1S/C15H13BrO3/c1-10(17)15-13(18)7-4-8-14(15)19-9-11-5-2-3-6-12(11)16/h2-8,18H,9H2,1H3. The average Bonchev–Trinajstić information content (AvgIpc) is 2.37. The van der Waals surface area contributed by atoms with Crippen molar-refractivity contribution in [2.75, 3.05) is 0 Å². The molecule has 19 heavy (non-hydrogen) atoms. The fourth-order valence-corrected chi connectivity index (χ4v) is 2.16. The molecule has 98 valence electrons. The van der Waals surface area contributed by atoms with Crippen LogP contribution in [0, 0.1) is 0 Å². The Morgan fingerprint density at radius 1 is 1.21 bits per heavy atom. The molecule has 0 aliphatic heterocycles. The summed E-state index contributed by atoms with van der Waals surface area (Å²) in [5.41, 5.74) is 1.19. The van der Waals surface area contributed by atoms with Gasteiger partial charge in [-0.25, -0.2) is 0 Å². The maximum atomic E-state index is 11.5. The first-order valence-corrected chi connectivity index (χ1v) is 6.58. The average molecular weight is 321 g/mol. The molecule has 1 N–H and O–H groups in total. The molecule has 0 atom stereocenters. The van der Waals surface area contributed by atoms with Gasteiger partial charge in [0.05, 0.1) is 0 Å². The lowest BCUT2D eigenvalue weighted by Gasteiger charge is -2.11. The number of ketones is 1. The normalized spacial score (nSPS) is 10.2. The molecule has 0 saturated carbocycles. The maximum Gasteiger partial charge on any atom is 0.167 e. The van der Waals surface area contributed by atoms with Gasteiger partial charge in [0.25, 0.3) is 0 Å². The Morgan fingerprint density at radius 2 is 1.95 bits per heavy atom. The Balaban J connectivity index is 2.23. The van der Waals surface area contributed by atoms with E-state index in [0.29, 0.717) is 12.4 Å². The van der Waals surface area contributed by atoms with Gasteiger partial charge in [-0.2, -0.15) is 0 Å². The number of aromatic hydroxyl groups is 1. The van der Waals surface area contributed by atoms with Gasteiger partial charge < -0.3 is 9.84 Å². The third-order valence-electron chi connectivity index (χ3n) is 2.70.